The summed E-state index contributed by atoms with van der Waals surface area (Å²) >= 11 is 0. The van der Waals surface area contributed by atoms with Gasteiger partial charge in [0.1, 0.15) is 23.4 Å². The van der Waals surface area contributed by atoms with Crippen molar-refractivity contribution in [3.05, 3.63) is 24.5 Å². The van der Waals surface area contributed by atoms with E-state index in [1.165, 1.54) is 6.33 Å². The average molecular weight is 376 g/mol. The van der Waals surface area contributed by atoms with Crippen LogP contribution < -0.4 is 9.64 Å². The molecule has 1 atom stereocenters. The third-order valence-corrected chi connectivity index (χ3v) is 7.88. The van der Waals surface area contributed by atoms with E-state index in [0.29, 0.717) is 31.7 Å². The van der Waals surface area contributed by atoms with E-state index in [4.69, 9.17) is 9.52 Å². The largest absolute Gasteiger partial charge is 0.494 e. The van der Waals surface area contributed by atoms with E-state index in [0.717, 1.165) is 29.6 Å². The van der Waals surface area contributed by atoms with E-state index < -0.39 is 15.3 Å². The van der Waals surface area contributed by atoms with Crippen LogP contribution in [0.15, 0.2) is 24.5 Å². The highest BCUT2D eigenvalue weighted by molar-refractivity contribution is 7.93. The number of para-hydroxylation sites is 1. The fraction of sp³-hybridized carbons (Fsp3) is 0.556. The first-order valence-electron chi connectivity index (χ1n) is 8.92. The zero-order chi connectivity index (χ0) is 18.4. The summed E-state index contributed by atoms with van der Waals surface area (Å²) in [6, 6.07) is 5.76. The minimum absolute atomic E-state index is 0.0113. The number of anilines is 1. The Hall–Kier alpha value is -1.93. The molecule has 1 saturated carbocycles. The van der Waals surface area contributed by atoms with Crippen LogP contribution >= 0.6 is 0 Å². The van der Waals surface area contributed by atoms with Gasteiger partial charge in [0.2, 0.25) is 0 Å². The predicted octanol–water partition coefficient (Wildman–Crippen LogP) is 2.18. The van der Waals surface area contributed by atoms with Gasteiger partial charge in [-0.15, -0.1) is 0 Å². The second-order valence-electron chi connectivity index (χ2n) is 7.34. The van der Waals surface area contributed by atoms with Gasteiger partial charge in [-0.25, -0.2) is 14.2 Å². The number of fused-ring (bicyclic) bond motifs is 1. The molecule has 1 aliphatic heterocycles. The van der Waals surface area contributed by atoms with Gasteiger partial charge in [-0.05, 0) is 37.8 Å². The van der Waals surface area contributed by atoms with Gasteiger partial charge in [0.25, 0.3) is 0 Å². The van der Waals surface area contributed by atoms with Crippen molar-refractivity contribution in [3.63, 3.8) is 0 Å². The summed E-state index contributed by atoms with van der Waals surface area (Å²) in [6.45, 7) is 1.22. The number of aromatic nitrogens is 2. The lowest BCUT2D eigenvalue weighted by molar-refractivity contribution is 0.0387. The molecule has 0 spiro atoms. The molecule has 2 N–H and O–H groups in total. The highest BCUT2D eigenvalue weighted by Crippen LogP contribution is 2.36. The molecule has 0 amide bonds. The molecule has 2 heterocycles. The van der Waals surface area contributed by atoms with Gasteiger partial charge >= 0.3 is 0 Å². The number of piperidine rings is 1. The lowest BCUT2D eigenvalue weighted by atomic mass is 9.93. The van der Waals surface area contributed by atoms with Crippen LogP contribution in [-0.4, -0.2) is 56.1 Å². The summed E-state index contributed by atoms with van der Waals surface area (Å²) in [4.78, 5) is 10.9. The number of hydrogen-bond donors (Lipinski definition) is 2. The minimum atomic E-state index is -2.68. The van der Waals surface area contributed by atoms with Crippen LogP contribution in [0.3, 0.4) is 0 Å². The van der Waals surface area contributed by atoms with Crippen LogP contribution in [0.25, 0.3) is 10.9 Å². The average Bonchev–Trinajstić information content (AvgIpc) is 3.46. The lowest BCUT2D eigenvalue weighted by Crippen LogP contribution is -2.48. The Morgan fingerprint density at radius 1 is 1.35 bits per heavy atom. The Labute approximate surface area is 153 Å². The SMILES string of the molecule is COc1cccc2c(N3CCC(O)(CS(=N)(=O)C4CC4)CC3)ncnc12. The Bertz CT molecular complexity index is 919. The second-order valence-corrected chi connectivity index (χ2v) is 9.74. The quantitative estimate of drug-likeness (QED) is 0.830. The lowest BCUT2D eigenvalue weighted by Gasteiger charge is -2.39. The van der Waals surface area contributed by atoms with Crippen molar-refractivity contribution in [2.24, 2.45) is 0 Å². The van der Waals surface area contributed by atoms with Crippen LogP contribution in [0.1, 0.15) is 25.7 Å². The summed E-state index contributed by atoms with van der Waals surface area (Å²) in [5.74, 6) is 1.62. The summed E-state index contributed by atoms with van der Waals surface area (Å²) in [5, 5.41) is 11.8. The maximum absolute atomic E-state index is 12.5. The Balaban J connectivity index is 1.54. The molecule has 1 aromatic carbocycles. The maximum atomic E-state index is 12.5. The fourth-order valence-electron chi connectivity index (χ4n) is 3.71. The number of nitrogens with one attached hydrogen (secondary N) is 1. The molecule has 0 radical (unpaired) electrons. The standard InChI is InChI=1S/C18H24N4O3S/c1-25-15-4-2-3-14-16(15)20-12-21-17(14)22-9-7-18(23,8-10-22)11-26(19,24)13-5-6-13/h2-4,12-13,19,23H,5-11H2,1H3. The molecule has 4 rings (SSSR count). The van der Waals surface area contributed by atoms with Gasteiger partial charge in [-0.3, -0.25) is 4.78 Å². The number of aliphatic hydroxyl groups is 1. The van der Waals surface area contributed by atoms with E-state index in [2.05, 4.69) is 14.9 Å². The van der Waals surface area contributed by atoms with E-state index >= 15 is 0 Å². The summed E-state index contributed by atoms with van der Waals surface area (Å²) in [6.07, 6.45) is 4.24. The van der Waals surface area contributed by atoms with E-state index in [-0.39, 0.29) is 11.0 Å². The van der Waals surface area contributed by atoms with Gasteiger partial charge < -0.3 is 14.7 Å². The normalized spacial score (nSPS) is 22.2. The van der Waals surface area contributed by atoms with Crippen LogP contribution in [0.2, 0.25) is 0 Å². The zero-order valence-electron chi connectivity index (χ0n) is 14.9. The number of methoxy groups -OCH3 is 1. The molecular weight excluding hydrogens is 352 g/mol. The van der Waals surface area contributed by atoms with Gasteiger partial charge in [0, 0.05) is 33.5 Å². The van der Waals surface area contributed by atoms with Gasteiger partial charge in [-0.2, -0.15) is 0 Å². The first-order chi connectivity index (χ1) is 12.4. The molecule has 140 valence electrons. The van der Waals surface area contributed by atoms with Crippen molar-refractivity contribution in [1.29, 1.82) is 4.78 Å². The van der Waals surface area contributed by atoms with Crippen LogP contribution in [-0.2, 0) is 9.73 Å². The molecule has 2 aliphatic rings. The Morgan fingerprint density at radius 3 is 2.73 bits per heavy atom. The smallest absolute Gasteiger partial charge is 0.145 e. The first-order valence-corrected chi connectivity index (χ1v) is 10.7. The monoisotopic (exact) mass is 376 g/mol. The van der Waals surface area contributed by atoms with Crippen LogP contribution in [0.5, 0.6) is 5.75 Å². The van der Waals surface area contributed by atoms with Gasteiger partial charge in [0.15, 0.2) is 0 Å². The van der Waals surface area contributed by atoms with Crippen LogP contribution in [0, 0.1) is 4.78 Å². The van der Waals surface area contributed by atoms with E-state index in [1.807, 2.05) is 18.2 Å². The molecule has 1 unspecified atom stereocenters. The van der Waals surface area contributed by atoms with Crippen molar-refractivity contribution in [2.45, 2.75) is 36.5 Å². The Kier molecular flexibility index (Phi) is 4.27. The van der Waals surface area contributed by atoms with E-state index in [9.17, 15) is 9.32 Å². The van der Waals surface area contributed by atoms with Crippen LogP contribution in [0.4, 0.5) is 5.82 Å². The predicted molar refractivity (Wildman–Crippen MR) is 101 cm³/mol. The number of nitrogens with zero attached hydrogens (tertiary/aromatic N) is 3. The number of rotatable bonds is 5. The zero-order valence-corrected chi connectivity index (χ0v) is 15.7. The molecular formula is C18H24N4O3S. The molecule has 0 bridgehead atoms. The Morgan fingerprint density at radius 2 is 2.08 bits per heavy atom. The maximum Gasteiger partial charge on any atom is 0.145 e. The van der Waals surface area contributed by atoms with E-state index in [1.54, 1.807) is 7.11 Å². The third-order valence-electron chi connectivity index (χ3n) is 5.37. The van der Waals surface area contributed by atoms with Crippen molar-refractivity contribution in [3.8, 4) is 5.75 Å². The number of hydrogen-bond acceptors (Lipinski definition) is 7. The van der Waals surface area contributed by atoms with Crippen molar-refractivity contribution < 1.29 is 14.1 Å². The minimum Gasteiger partial charge on any atom is -0.494 e. The molecule has 7 nitrogen and oxygen atoms in total. The summed E-state index contributed by atoms with van der Waals surface area (Å²) < 4.78 is 26.0. The molecule has 1 aromatic heterocycles. The van der Waals surface area contributed by atoms with Crippen molar-refractivity contribution in [1.82, 2.24) is 9.97 Å². The number of benzene rings is 1. The molecule has 8 heteroatoms. The second kappa shape index (κ2) is 6.35. The van der Waals surface area contributed by atoms with Crippen molar-refractivity contribution in [2.75, 3.05) is 30.9 Å². The van der Waals surface area contributed by atoms with Gasteiger partial charge in [-0.1, -0.05) is 6.07 Å². The molecule has 1 saturated heterocycles. The van der Waals surface area contributed by atoms with Gasteiger partial charge in [0.05, 0.1) is 18.5 Å². The molecule has 26 heavy (non-hydrogen) atoms. The third kappa shape index (κ3) is 3.23. The topological polar surface area (TPSA) is 99.4 Å². The number of ether oxygens (including phenoxy) is 1. The highest BCUT2D eigenvalue weighted by atomic mass is 32.2. The fourth-order valence-corrected chi connectivity index (χ4v) is 5.93. The highest BCUT2D eigenvalue weighted by Gasteiger charge is 2.41. The van der Waals surface area contributed by atoms with Crippen molar-refractivity contribution >= 4 is 26.4 Å². The molecule has 2 aromatic rings. The molecule has 1 aliphatic carbocycles. The first kappa shape index (κ1) is 17.5. The summed E-state index contributed by atoms with van der Waals surface area (Å²) in [5.41, 5.74) is -0.248. The molecule has 2 fully saturated rings. The summed E-state index contributed by atoms with van der Waals surface area (Å²) in [7, 11) is -1.06.